The van der Waals surface area contributed by atoms with Crippen LogP contribution < -0.4 is 5.32 Å². The summed E-state index contributed by atoms with van der Waals surface area (Å²) in [6.45, 7) is 4.12. The molecular formula is C24H29F3N2O2. The van der Waals surface area contributed by atoms with E-state index >= 15 is 0 Å². The molecule has 2 N–H and O–H groups in total. The van der Waals surface area contributed by atoms with Gasteiger partial charge in [-0.05, 0) is 43.1 Å². The fourth-order valence-electron chi connectivity index (χ4n) is 4.87. The summed E-state index contributed by atoms with van der Waals surface area (Å²) in [5.41, 5.74) is 1.75. The van der Waals surface area contributed by atoms with E-state index < -0.39 is 17.8 Å². The van der Waals surface area contributed by atoms with Crippen LogP contribution in [-0.2, 0) is 10.9 Å². The Kier molecular flexibility index (Phi) is 6.55. The maximum absolute atomic E-state index is 13.4. The number of ether oxygens (including phenoxy) is 1. The molecule has 2 heterocycles. The first kappa shape index (κ1) is 22.1. The highest BCUT2D eigenvalue weighted by molar-refractivity contribution is 5.58. The topological polar surface area (TPSA) is 44.7 Å². The molecule has 4 rings (SSSR count). The van der Waals surface area contributed by atoms with E-state index in [4.69, 9.17) is 4.74 Å². The van der Waals surface area contributed by atoms with Gasteiger partial charge in [-0.3, -0.25) is 4.90 Å². The Balaban J connectivity index is 1.67. The van der Waals surface area contributed by atoms with Gasteiger partial charge in [0.1, 0.15) is 0 Å². The molecule has 0 radical (unpaired) electrons. The van der Waals surface area contributed by atoms with Crippen molar-refractivity contribution in [3.63, 3.8) is 0 Å². The summed E-state index contributed by atoms with van der Waals surface area (Å²) in [4.78, 5) is 2.12. The van der Waals surface area contributed by atoms with Crippen molar-refractivity contribution in [1.82, 2.24) is 4.90 Å². The standard InChI is InChI=1S/C24H29F3N2O2/c1-2-29(12-13-30)15-18-9-10-19-22(16-6-4-3-5-7-16)28-21-11-8-17(24(25,26)27)14-20(21)23(19)31-18/h3-8,11,14,18-19,22-23,28,30H,2,9-10,12-13,15H2,1H3/t18-,19-,22+,23-/m0/s1. The highest BCUT2D eigenvalue weighted by Crippen LogP contribution is 2.51. The number of rotatable bonds is 6. The number of hydrogen-bond donors (Lipinski definition) is 2. The molecule has 1 saturated heterocycles. The zero-order chi connectivity index (χ0) is 22.0. The van der Waals surface area contributed by atoms with Gasteiger partial charge in [0.2, 0.25) is 0 Å². The third-order valence-electron chi connectivity index (χ3n) is 6.46. The molecule has 168 valence electrons. The van der Waals surface area contributed by atoms with Crippen LogP contribution in [0.5, 0.6) is 0 Å². The molecule has 0 aromatic heterocycles. The number of fused-ring (bicyclic) bond motifs is 3. The molecule has 31 heavy (non-hydrogen) atoms. The largest absolute Gasteiger partial charge is 0.416 e. The molecule has 0 aliphatic carbocycles. The molecule has 2 aromatic carbocycles. The number of nitrogens with zero attached hydrogens (tertiary/aromatic N) is 1. The van der Waals surface area contributed by atoms with Gasteiger partial charge >= 0.3 is 6.18 Å². The SMILES string of the molecule is CCN(CCO)C[C@@H]1CC[C@H]2[C@@H](c3ccccc3)Nc3ccc(C(F)(F)F)cc3[C@H]2O1. The fourth-order valence-corrected chi connectivity index (χ4v) is 4.87. The fraction of sp³-hybridized carbons (Fsp3) is 0.500. The highest BCUT2D eigenvalue weighted by atomic mass is 19.4. The first-order valence-corrected chi connectivity index (χ1v) is 10.9. The quantitative estimate of drug-likeness (QED) is 0.670. The number of halogens is 3. The summed E-state index contributed by atoms with van der Waals surface area (Å²) in [7, 11) is 0. The van der Waals surface area contributed by atoms with Gasteiger partial charge in [0.15, 0.2) is 0 Å². The molecule has 1 fully saturated rings. The normalized spacial score (nSPS) is 25.6. The number of hydrogen-bond acceptors (Lipinski definition) is 4. The van der Waals surface area contributed by atoms with E-state index in [9.17, 15) is 18.3 Å². The van der Waals surface area contributed by atoms with E-state index in [1.165, 1.54) is 12.1 Å². The number of nitrogens with one attached hydrogen (secondary N) is 1. The first-order chi connectivity index (χ1) is 14.9. The maximum atomic E-state index is 13.4. The van der Waals surface area contributed by atoms with Crippen LogP contribution in [0.2, 0.25) is 0 Å². The molecule has 2 aliphatic heterocycles. The molecule has 7 heteroatoms. The van der Waals surface area contributed by atoms with Crippen LogP contribution in [0.4, 0.5) is 18.9 Å². The molecule has 0 bridgehead atoms. The van der Waals surface area contributed by atoms with Crippen LogP contribution in [0.3, 0.4) is 0 Å². The second-order valence-corrected chi connectivity index (χ2v) is 8.37. The van der Waals surface area contributed by atoms with Crippen molar-refractivity contribution >= 4 is 5.69 Å². The van der Waals surface area contributed by atoms with Crippen LogP contribution in [0.1, 0.15) is 48.6 Å². The minimum atomic E-state index is -4.39. The lowest BCUT2D eigenvalue weighted by Gasteiger charge is -2.46. The summed E-state index contributed by atoms with van der Waals surface area (Å²) in [5, 5.41) is 12.8. The molecule has 0 unspecified atom stereocenters. The van der Waals surface area contributed by atoms with Gasteiger partial charge in [0, 0.05) is 30.3 Å². The monoisotopic (exact) mass is 434 g/mol. The number of aliphatic hydroxyl groups excluding tert-OH is 1. The number of likely N-dealkylation sites (N-methyl/N-ethyl adjacent to an activating group) is 1. The van der Waals surface area contributed by atoms with Gasteiger partial charge in [-0.25, -0.2) is 0 Å². The van der Waals surface area contributed by atoms with Crippen molar-refractivity contribution in [2.24, 2.45) is 5.92 Å². The number of aliphatic hydroxyl groups is 1. The Morgan fingerprint density at radius 2 is 1.90 bits per heavy atom. The number of alkyl halides is 3. The van der Waals surface area contributed by atoms with Crippen LogP contribution in [0.25, 0.3) is 0 Å². The molecule has 2 aliphatic rings. The second-order valence-electron chi connectivity index (χ2n) is 8.37. The third-order valence-corrected chi connectivity index (χ3v) is 6.46. The predicted molar refractivity (Wildman–Crippen MR) is 114 cm³/mol. The van der Waals surface area contributed by atoms with Crippen LogP contribution in [-0.4, -0.2) is 42.4 Å². The van der Waals surface area contributed by atoms with E-state index in [0.29, 0.717) is 24.3 Å². The first-order valence-electron chi connectivity index (χ1n) is 10.9. The molecule has 0 amide bonds. The molecular weight excluding hydrogens is 405 g/mol. The lowest BCUT2D eigenvalue weighted by atomic mass is 9.76. The molecule has 2 aromatic rings. The summed E-state index contributed by atoms with van der Waals surface area (Å²) in [6.07, 6.45) is -3.19. The van der Waals surface area contributed by atoms with Crippen molar-refractivity contribution in [3.8, 4) is 0 Å². The van der Waals surface area contributed by atoms with Gasteiger partial charge in [-0.15, -0.1) is 0 Å². The molecule has 0 spiro atoms. The van der Waals surface area contributed by atoms with Crippen molar-refractivity contribution in [2.75, 3.05) is 31.6 Å². The van der Waals surface area contributed by atoms with Gasteiger partial charge < -0.3 is 15.2 Å². The Hall–Kier alpha value is -2.09. The summed E-state index contributed by atoms with van der Waals surface area (Å²) in [5.74, 6) is 0.0440. The van der Waals surface area contributed by atoms with Crippen molar-refractivity contribution in [3.05, 3.63) is 65.2 Å². The Labute approximate surface area is 181 Å². The van der Waals surface area contributed by atoms with E-state index in [-0.39, 0.29) is 24.7 Å². The van der Waals surface area contributed by atoms with Crippen LogP contribution in [0, 0.1) is 5.92 Å². The third kappa shape index (κ3) is 4.73. The smallest absolute Gasteiger partial charge is 0.395 e. The average molecular weight is 435 g/mol. The van der Waals surface area contributed by atoms with Gasteiger partial charge in [-0.2, -0.15) is 13.2 Å². The van der Waals surface area contributed by atoms with Gasteiger partial charge in [0.05, 0.1) is 30.4 Å². The zero-order valence-corrected chi connectivity index (χ0v) is 17.6. The summed E-state index contributed by atoms with van der Waals surface area (Å²) < 4.78 is 46.7. The van der Waals surface area contributed by atoms with Crippen molar-refractivity contribution in [1.29, 1.82) is 0 Å². The molecule has 4 nitrogen and oxygen atoms in total. The lowest BCUT2D eigenvalue weighted by molar-refractivity contribution is -0.138. The number of anilines is 1. The lowest BCUT2D eigenvalue weighted by Crippen LogP contribution is -2.43. The Morgan fingerprint density at radius 1 is 1.13 bits per heavy atom. The van der Waals surface area contributed by atoms with Crippen LogP contribution >= 0.6 is 0 Å². The van der Waals surface area contributed by atoms with E-state index in [2.05, 4.69) is 22.3 Å². The van der Waals surface area contributed by atoms with E-state index in [0.717, 1.165) is 31.0 Å². The van der Waals surface area contributed by atoms with Gasteiger partial charge in [-0.1, -0.05) is 37.3 Å². The Bertz CT molecular complexity index is 875. The Morgan fingerprint density at radius 3 is 2.58 bits per heavy atom. The maximum Gasteiger partial charge on any atom is 0.416 e. The highest BCUT2D eigenvalue weighted by Gasteiger charge is 2.43. The van der Waals surface area contributed by atoms with Crippen molar-refractivity contribution in [2.45, 2.75) is 44.2 Å². The summed E-state index contributed by atoms with van der Waals surface area (Å²) in [6, 6.07) is 13.9. The van der Waals surface area contributed by atoms with Gasteiger partial charge in [0.25, 0.3) is 0 Å². The average Bonchev–Trinajstić information content (AvgIpc) is 2.77. The zero-order valence-electron chi connectivity index (χ0n) is 17.6. The number of benzene rings is 2. The van der Waals surface area contributed by atoms with E-state index in [1.54, 1.807) is 0 Å². The minimum absolute atomic E-state index is 0.0175. The summed E-state index contributed by atoms with van der Waals surface area (Å²) >= 11 is 0. The van der Waals surface area contributed by atoms with E-state index in [1.807, 2.05) is 25.1 Å². The predicted octanol–water partition coefficient (Wildman–Crippen LogP) is 5.02. The molecule has 0 saturated carbocycles. The van der Waals surface area contributed by atoms with Crippen LogP contribution in [0.15, 0.2) is 48.5 Å². The minimum Gasteiger partial charge on any atom is -0.395 e. The second kappa shape index (κ2) is 9.18. The van der Waals surface area contributed by atoms with Crippen molar-refractivity contribution < 1.29 is 23.0 Å². The molecule has 4 atom stereocenters.